The number of carboxylic acid groups (broad SMARTS) is 1. The van der Waals surface area contributed by atoms with Crippen LogP contribution in [0.15, 0.2) is 0 Å². The van der Waals surface area contributed by atoms with Gasteiger partial charge in [-0.1, -0.05) is 0 Å². The number of rotatable bonds is 3. The molecule has 0 unspecified atom stereocenters. The summed E-state index contributed by atoms with van der Waals surface area (Å²) in [6, 6.07) is 0. The third kappa shape index (κ3) is 7.54. The fourth-order valence-corrected chi connectivity index (χ4v) is 0.345. The maximum atomic E-state index is 10.3. The maximum Gasteiger partial charge on any atom is 1.00 e. The van der Waals surface area contributed by atoms with E-state index >= 15 is 0 Å². The summed E-state index contributed by atoms with van der Waals surface area (Å²) in [5, 5.41) is 10.4. The number of aliphatic carboxylic acids is 1. The van der Waals surface area contributed by atoms with Gasteiger partial charge in [0.15, 0.2) is 0 Å². The zero-order valence-corrected chi connectivity index (χ0v) is 6.18. The van der Waals surface area contributed by atoms with E-state index in [4.69, 9.17) is 5.11 Å². The van der Waals surface area contributed by atoms with E-state index in [1.807, 2.05) is 0 Å². The van der Waals surface area contributed by atoms with Gasteiger partial charge in [-0.15, -0.1) is 0 Å². The van der Waals surface area contributed by atoms with Crippen LogP contribution >= 0.6 is 0 Å². The van der Waals surface area contributed by atoms with Crippen LogP contribution in [0.5, 0.6) is 0 Å². The molecule has 2 N–H and O–H groups in total. The van der Waals surface area contributed by atoms with Crippen LogP contribution in [-0.4, -0.2) is 24.0 Å². The number of hydrogen-bond acceptors (Lipinski definition) is 2. The van der Waals surface area contributed by atoms with Gasteiger partial charge in [-0.25, -0.2) is 0 Å². The van der Waals surface area contributed by atoms with Crippen LogP contribution in [0.25, 0.3) is 0 Å². The third-order valence-electron chi connectivity index (χ3n) is 0.845. The van der Waals surface area contributed by atoms with E-state index in [9.17, 15) is 9.59 Å². The zero-order valence-electron chi connectivity index (χ0n) is 6.18. The molecule has 10 heavy (non-hydrogen) atoms. The summed E-state index contributed by atoms with van der Waals surface area (Å²) in [4.78, 5) is 20.2. The minimum Gasteiger partial charge on any atom is -0.481 e. The van der Waals surface area contributed by atoms with Crippen molar-refractivity contribution in [3.05, 3.63) is 0 Å². The molecule has 0 aromatic rings. The van der Waals surface area contributed by atoms with Crippen LogP contribution in [0.3, 0.4) is 0 Å². The molecule has 0 atom stereocenters. The van der Waals surface area contributed by atoms with E-state index in [1.165, 1.54) is 7.05 Å². The number of hydrogen-bond donors (Lipinski definition) is 2. The van der Waals surface area contributed by atoms with Gasteiger partial charge in [0.25, 0.3) is 0 Å². The SMILES string of the molecule is CNC(=O)CCC(=O)O.[Li+]. The van der Waals surface area contributed by atoms with Gasteiger partial charge in [-0.2, -0.15) is 0 Å². The van der Waals surface area contributed by atoms with E-state index in [0.29, 0.717) is 0 Å². The largest absolute Gasteiger partial charge is 1.00 e. The molecule has 0 rings (SSSR count). The van der Waals surface area contributed by atoms with Crippen LogP contribution in [-0.2, 0) is 9.59 Å². The average molecular weight is 138 g/mol. The van der Waals surface area contributed by atoms with Crippen molar-refractivity contribution in [1.82, 2.24) is 5.32 Å². The fraction of sp³-hybridized carbons (Fsp3) is 0.600. The van der Waals surface area contributed by atoms with Crippen molar-refractivity contribution in [2.75, 3.05) is 7.05 Å². The molecular weight excluding hydrogens is 129 g/mol. The molecule has 5 heteroatoms. The molecule has 0 aromatic carbocycles. The van der Waals surface area contributed by atoms with Gasteiger partial charge in [0.2, 0.25) is 5.91 Å². The smallest absolute Gasteiger partial charge is 0.481 e. The van der Waals surface area contributed by atoms with E-state index in [1.54, 1.807) is 0 Å². The average Bonchev–Trinajstić information content (AvgIpc) is 1.83. The molecule has 0 heterocycles. The molecule has 0 aliphatic heterocycles. The summed E-state index contributed by atoms with van der Waals surface area (Å²) in [5.74, 6) is -1.18. The van der Waals surface area contributed by atoms with Crippen molar-refractivity contribution in [3.63, 3.8) is 0 Å². The van der Waals surface area contributed by atoms with Gasteiger partial charge in [-0.3, -0.25) is 9.59 Å². The summed E-state index contributed by atoms with van der Waals surface area (Å²) in [6.45, 7) is 0. The second-order valence-electron chi connectivity index (χ2n) is 1.57. The Kier molecular flexibility index (Phi) is 8.14. The Balaban J connectivity index is 0. The van der Waals surface area contributed by atoms with Gasteiger partial charge in [0.1, 0.15) is 0 Å². The first-order valence-electron chi connectivity index (χ1n) is 2.59. The topological polar surface area (TPSA) is 66.4 Å². The second-order valence-corrected chi connectivity index (χ2v) is 1.57. The van der Waals surface area contributed by atoms with Crippen LogP contribution in [0.4, 0.5) is 0 Å². The van der Waals surface area contributed by atoms with Crippen molar-refractivity contribution in [1.29, 1.82) is 0 Å². The Bertz CT molecular complexity index is 126. The van der Waals surface area contributed by atoms with Gasteiger partial charge < -0.3 is 10.4 Å². The van der Waals surface area contributed by atoms with Crippen LogP contribution in [0.1, 0.15) is 12.8 Å². The summed E-state index contributed by atoms with van der Waals surface area (Å²) < 4.78 is 0. The summed E-state index contributed by atoms with van der Waals surface area (Å²) in [7, 11) is 1.48. The summed E-state index contributed by atoms with van der Waals surface area (Å²) in [5.41, 5.74) is 0. The van der Waals surface area contributed by atoms with Crippen LogP contribution < -0.4 is 24.2 Å². The molecule has 0 aliphatic carbocycles. The van der Waals surface area contributed by atoms with Crippen LogP contribution in [0.2, 0.25) is 0 Å². The molecule has 0 bridgehead atoms. The maximum absolute atomic E-state index is 10.3. The van der Waals surface area contributed by atoms with Gasteiger partial charge >= 0.3 is 24.8 Å². The molecule has 0 aliphatic rings. The zero-order chi connectivity index (χ0) is 7.28. The van der Waals surface area contributed by atoms with Crippen molar-refractivity contribution in [2.24, 2.45) is 0 Å². The molecule has 0 radical (unpaired) electrons. The number of carbonyl (C=O) groups is 2. The molecule has 4 nitrogen and oxygen atoms in total. The Labute approximate surface area is 71.2 Å². The standard InChI is InChI=1S/C5H9NO3.Li/c1-6-4(7)2-3-5(8)9;/h2-3H2,1H3,(H,6,7)(H,8,9);/q;+1. The van der Waals surface area contributed by atoms with Crippen molar-refractivity contribution >= 4 is 11.9 Å². The predicted octanol–water partition coefficient (Wildman–Crippen LogP) is -3.40. The van der Waals surface area contributed by atoms with E-state index in [-0.39, 0.29) is 37.6 Å². The summed E-state index contributed by atoms with van der Waals surface area (Å²) in [6.07, 6.45) is -0.0362. The normalized spacial score (nSPS) is 7.70. The number of carbonyl (C=O) groups excluding carboxylic acids is 1. The van der Waals surface area contributed by atoms with E-state index in [0.717, 1.165) is 0 Å². The quantitative estimate of drug-likeness (QED) is 0.399. The van der Waals surface area contributed by atoms with E-state index < -0.39 is 5.97 Å². The van der Waals surface area contributed by atoms with Gasteiger partial charge in [0, 0.05) is 13.5 Å². The molecule has 52 valence electrons. The molecule has 0 fully saturated rings. The second kappa shape index (κ2) is 6.65. The molecule has 0 saturated heterocycles. The number of amides is 1. The Hall–Kier alpha value is -0.463. The first-order valence-corrected chi connectivity index (χ1v) is 2.59. The number of carboxylic acids is 1. The van der Waals surface area contributed by atoms with E-state index in [2.05, 4.69) is 5.32 Å². The Morgan fingerprint density at radius 2 is 1.90 bits per heavy atom. The third-order valence-corrected chi connectivity index (χ3v) is 0.845. The molecule has 0 aromatic heterocycles. The predicted molar refractivity (Wildman–Crippen MR) is 30.9 cm³/mol. The first kappa shape index (κ1) is 12.2. The summed E-state index contributed by atoms with van der Waals surface area (Å²) >= 11 is 0. The van der Waals surface area contributed by atoms with Crippen LogP contribution in [0, 0.1) is 0 Å². The van der Waals surface area contributed by atoms with Gasteiger partial charge in [0.05, 0.1) is 6.42 Å². The minimum absolute atomic E-state index is 0. The van der Waals surface area contributed by atoms with Gasteiger partial charge in [-0.05, 0) is 0 Å². The van der Waals surface area contributed by atoms with Crippen molar-refractivity contribution in [3.8, 4) is 0 Å². The Morgan fingerprint density at radius 3 is 2.20 bits per heavy atom. The molecule has 0 spiro atoms. The molecular formula is C5H9LiNO3+. The minimum atomic E-state index is -0.946. The first-order chi connectivity index (χ1) is 4.16. The molecule has 1 amide bonds. The number of nitrogens with one attached hydrogen (secondary N) is 1. The Morgan fingerprint density at radius 1 is 1.40 bits per heavy atom. The van der Waals surface area contributed by atoms with Crippen molar-refractivity contribution < 1.29 is 33.6 Å². The van der Waals surface area contributed by atoms with Crippen molar-refractivity contribution in [2.45, 2.75) is 12.8 Å². The monoisotopic (exact) mass is 138 g/mol. The fourth-order valence-electron chi connectivity index (χ4n) is 0.345. The molecule has 0 saturated carbocycles.